The minimum absolute atomic E-state index is 0. The summed E-state index contributed by atoms with van der Waals surface area (Å²) in [6.45, 7) is 1.45. The van der Waals surface area contributed by atoms with Crippen molar-refractivity contribution in [3.63, 3.8) is 0 Å². The third-order valence-corrected chi connectivity index (χ3v) is 5.90. The second-order valence-corrected chi connectivity index (χ2v) is 11.3. The monoisotopic (exact) mass is 845 g/mol. The van der Waals surface area contributed by atoms with Crippen LogP contribution in [0.4, 0.5) is 0 Å². The maximum Gasteiger partial charge on any atom is 2.00 e. The van der Waals surface area contributed by atoms with Crippen molar-refractivity contribution in [2.75, 3.05) is 0 Å². The maximum atomic E-state index is 8.49. The molecule has 289 valence electrons. The van der Waals surface area contributed by atoms with Crippen molar-refractivity contribution in [2.24, 2.45) is 10.2 Å². The molecule has 0 aliphatic rings. The van der Waals surface area contributed by atoms with Crippen LogP contribution >= 0.6 is 0 Å². The van der Waals surface area contributed by atoms with Crippen LogP contribution < -0.4 is 37.3 Å². The van der Waals surface area contributed by atoms with Gasteiger partial charge in [0.15, 0.2) is 0 Å². The molecule has 6 heterocycles. The standard InChI is InChI=1S/2C14H12N8.2ClHO4.Cu/c2*15-20-17-8-11-4-3-5-12(18-11)9-22-10-14(19-21-22)13-6-1-2-7-16-13;2*2-1(3,4)5;/h2*1-7,10H,8-9H2;2*(H,2,3,4,5);/q;;;;+2/p-2. The molecule has 0 bridgehead atoms. The molecule has 0 spiro atoms. The molecule has 0 unspecified atom stereocenters. The molecule has 0 atom stereocenters. The van der Waals surface area contributed by atoms with Crippen molar-refractivity contribution >= 4 is 0 Å². The number of pyridine rings is 4. The van der Waals surface area contributed by atoms with E-state index in [4.69, 9.17) is 48.3 Å². The predicted molar refractivity (Wildman–Crippen MR) is 159 cm³/mol. The van der Waals surface area contributed by atoms with E-state index in [2.05, 4.69) is 60.6 Å². The van der Waals surface area contributed by atoms with Crippen molar-refractivity contribution in [3.8, 4) is 22.8 Å². The summed E-state index contributed by atoms with van der Waals surface area (Å²) >= 11 is 0. The zero-order chi connectivity index (χ0) is 39.4. The summed E-state index contributed by atoms with van der Waals surface area (Å²) < 4.78 is 71.3. The normalized spacial score (nSPS) is 10.3. The fraction of sp³-hybridized carbons (Fsp3) is 0.143. The number of rotatable bonds is 10. The molecule has 0 aliphatic heterocycles. The van der Waals surface area contributed by atoms with Gasteiger partial charge < -0.3 is 0 Å². The van der Waals surface area contributed by atoms with Crippen LogP contribution in [0.15, 0.2) is 108 Å². The minimum atomic E-state index is -4.94. The second kappa shape index (κ2) is 23.1. The Balaban J connectivity index is 0.000000301. The molecule has 0 saturated carbocycles. The molecule has 0 saturated heterocycles. The summed E-state index contributed by atoms with van der Waals surface area (Å²) in [5.74, 6) is 0. The van der Waals surface area contributed by atoms with Gasteiger partial charge in [-0.15, -0.1) is 30.7 Å². The van der Waals surface area contributed by atoms with E-state index in [0.717, 1.165) is 34.2 Å². The maximum absolute atomic E-state index is 8.49. The van der Waals surface area contributed by atoms with E-state index in [0.29, 0.717) is 24.5 Å². The van der Waals surface area contributed by atoms with E-state index in [1.54, 1.807) is 21.8 Å². The van der Waals surface area contributed by atoms with Gasteiger partial charge in [0.2, 0.25) is 0 Å². The van der Waals surface area contributed by atoms with Gasteiger partial charge in [0.05, 0.1) is 61.3 Å². The smallest absolute Gasteiger partial charge is 0.256 e. The molecule has 24 nitrogen and oxygen atoms in total. The van der Waals surface area contributed by atoms with Gasteiger partial charge in [-0.3, -0.25) is 19.9 Å². The second-order valence-electron chi connectivity index (χ2n) is 9.81. The van der Waals surface area contributed by atoms with E-state index in [9.17, 15) is 0 Å². The average molecular weight is 847 g/mol. The van der Waals surface area contributed by atoms with E-state index >= 15 is 0 Å². The number of aromatic nitrogens is 10. The van der Waals surface area contributed by atoms with Crippen molar-refractivity contribution in [2.45, 2.75) is 26.2 Å². The van der Waals surface area contributed by atoms with Crippen molar-refractivity contribution in [1.82, 2.24) is 49.9 Å². The fourth-order valence-electron chi connectivity index (χ4n) is 3.97. The van der Waals surface area contributed by atoms with Crippen LogP contribution in [0.2, 0.25) is 0 Å². The van der Waals surface area contributed by atoms with Gasteiger partial charge in [-0.1, -0.05) is 44.9 Å². The number of azide groups is 2. The first-order valence-corrected chi connectivity index (χ1v) is 16.9. The van der Waals surface area contributed by atoms with Gasteiger partial charge in [0.25, 0.3) is 0 Å². The number of hydrogen-bond acceptors (Lipinski definition) is 18. The number of hydrogen-bond donors (Lipinski definition) is 0. The van der Waals surface area contributed by atoms with Gasteiger partial charge >= 0.3 is 17.1 Å². The Morgan fingerprint density at radius 3 is 1.22 bits per heavy atom. The topological polar surface area (TPSA) is 395 Å². The molecule has 1 radical (unpaired) electrons. The summed E-state index contributed by atoms with van der Waals surface area (Å²) in [5, 5.41) is 23.4. The zero-order valence-corrected chi connectivity index (χ0v) is 30.0. The Morgan fingerprint density at radius 2 is 0.891 bits per heavy atom. The fourth-order valence-corrected chi connectivity index (χ4v) is 3.97. The number of nitrogens with zero attached hydrogens (tertiary/aromatic N) is 16. The van der Waals surface area contributed by atoms with Crippen LogP contribution in [-0.4, -0.2) is 49.9 Å². The van der Waals surface area contributed by atoms with Gasteiger partial charge in [-0.2, -0.15) is 0 Å². The molecule has 0 aromatic carbocycles. The molecular weight excluding hydrogens is 823 g/mol. The summed E-state index contributed by atoms with van der Waals surface area (Å²) in [6.07, 6.45) is 7.08. The first kappa shape index (κ1) is 45.4. The quantitative estimate of drug-likeness (QED) is 0.0544. The van der Waals surface area contributed by atoms with Gasteiger partial charge in [0.1, 0.15) is 11.4 Å². The molecule has 6 aromatic rings. The average Bonchev–Trinajstić information content (AvgIpc) is 3.80. The van der Waals surface area contributed by atoms with Crippen LogP contribution in [0, 0.1) is 20.5 Å². The largest absolute Gasteiger partial charge is 2.00 e. The summed E-state index contributed by atoms with van der Waals surface area (Å²) in [4.78, 5) is 22.8. The van der Waals surface area contributed by atoms with Crippen LogP contribution in [0.5, 0.6) is 0 Å². The van der Waals surface area contributed by atoms with Gasteiger partial charge in [-0.05, 0) is 59.6 Å². The molecule has 0 amide bonds. The van der Waals surface area contributed by atoms with Crippen LogP contribution in [0.1, 0.15) is 22.8 Å². The predicted octanol–water partition coefficient (Wildman–Crippen LogP) is -4.33. The number of halogens is 2. The van der Waals surface area contributed by atoms with Gasteiger partial charge in [-0.25, -0.2) is 46.6 Å². The Morgan fingerprint density at radius 1 is 0.527 bits per heavy atom. The van der Waals surface area contributed by atoms with Crippen molar-refractivity contribution in [3.05, 3.63) is 141 Å². The molecule has 0 N–H and O–H groups in total. The first-order chi connectivity index (χ1) is 25.7. The molecule has 6 aromatic heterocycles. The van der Waals surface area contributed by atoms with E-state index in [-0.39, 0.29) is 30.2 Å². The first-order valence-electron chi connectivity index (χ1n) is 14.5. The van der Waals surface area contributed by atoms with Crippen molar-refractivity contribution in [1.29, 1.82) is 0 Å². The third kappa shape index (κ3) is 19.8. The van der Waals surface area contributed by atoms with E-state index in [1.807, 2.05) is 85.2 Å². The third-order valence-electron chi connectivity index (χ3n) is 5.90. The minimum Gasteiger partial charge on any atom is -0.256 e. The summed E-state index contributed by atoms with van der Waals surface area (Å²) in [5.41, 5.74) is 22.8. The Kier molecular flexibility index (Phi) is 19.1. The van der Waals surface area contributed by atoms with E-state index in [1.165, 1.54) is 0 Å². The van der Waals surface area contributed by atoms with Crippen molar-refractivity contribution < 1.29 is 74.8 Å². The zero-order valence-electron chi connectivity index (χ0n) is 27.5. The molecule has 55 heavy (non-hydrogen) atoms. The van der Waals surface area contributed by atoms with Crippen LogP contribution in [0.3, 0.4) is 0 Å². The Bertz CT molecular complexity index is 1960. The molecule has 27 heteroatoms. The molecular formula is C28H24Cl2CuN16O8. The molecule has 0 fully saturated rings. The van der Waals surface area contributed by atoms with Gasteiger partial charge in [0, 0.05) is 33.6 Å². The van der Waals surface area contributed by atoms with E-state index < -0.39 is 20.5 Å². The Hall–Kier alpha value is -5.72. The van der Waals surface area contributed by atoms with Crippen LogP contribution in [0.25, 0.3) is 43.7 Å². The Labute approximate surface area is 324 Å². The molecule has 0 aliphatic carbocycles. The summed E-state index contributed by atoms with van der Waals surface area (Å²) in [6, 6.07) is 22.5. The van der Waals surface area contributed by atoms with Crippen LogP contribution in [-0.2, 0) is 43.2 Å². The summed E-state index contributed by atoms with van der Waals surface area (Å²) in [7, 11) is -9.89. The molecule has 6 rings (SSSR count). The SMILES string of the molecule is [Cu+2].[N-]=[N+]=NCc1cccc(Cn2cc(-c3ccccn3)nn2)n1.[N-]=[N+]=NCc1cccc(Cn2cc(-c3ccccn3)nn2)n1.[O-][Cl+3]([O-])([O-])[O-].[O-][Cl+3]([O-])([O-])[O-].